The minimum atomic E-state index is 0.923. The number of nitrogen functional groups attached to an aromatic ring is 1. The largest absolute Gasteiger partial charge is 0.314 e. The van der Waals surface area contributed by atoms with Gasteiger partial charge in [-0.15, -0.1) is 0 Å². The van der Waals surface area contributed by atoms with E-state index in [1.54, 1.807) is 11.3 Å². The lowest BCUT2D eigenvalue weighted by molar-refractivity contribution is 1.24. The number of nitrogens with zero attached hydrogens (tertiary/aromatic N) is 1. The Morgan fingerprint density at radius 1 is 1.33 bits per heavy atom. The van der Waals surface area contributed by atoms with E-state index in [-0.39, 0.29) is 0 Å². The topological polar surface area (TPSA) is 50.9 Å². The summed E-state index contributed by atoms with van der Waals surface area (Å²) >= 11 is 1.57. The van der Waals surface area contributed by atoms with Gasteiger partial charge >= 0.3 is 0 Å². The van der Waals surface area contributed by atoms with Gasteiger partial charge in [-0.25, -0.2) is 10.8 Å². The third kappa shape index (κ3) is 2.00. The minimum absolute atomic E-state index is 0.923. The maximum atomic E-state index is 5.39. The highest BCUT2D eigenvalue weighted by Gasteiger charge is 2.07. The van der Waals surface area contributed by atoms with E-state index in [4.69, 9.17) is 5.84 Å². The molecule has 0 radical (unpaired) electrons. The minimum Gasteiger partial charge on any atom is -0.314 e. The number of nitrogens with one attached hydrogen (secondary N) is 1. The van der Waals surface area contributed by atoms with E-state index in [1.165, 1.54) is 5.56 Å². The van der Waals surface area contributed by atoms with Crippen molar-refractivity contribution in [3.8, 4) is 10.6 Å². The number of nitrogens with two attached hydrogens (primary N) is 1. The van der Waals surface area contributed by atoms with E-state index in [0.717, 1.165) is 21.3 Å². The van der Waals surface area contributed by atoms with Crippen molar-refractivity contribution in [1.29, 1.82) is 0 Å². The van der Waals surface area contributed by atoms with Crippen LogP contribution in [0.2, 0.25) is 0 Å². The molecule has 0 bridgehead atoms. The summed E-state index contributed by atoms with van der Waals surface area (Å²) in [6.07, 6.45) is 0. The van der Waals surface area contributed by atoms with Crippen molar-refractivity contribution < 1.29 is 0 Å². The van der Waals surface area contributed by atoms with Crippen LogP contribution in [0.3, 0.4) is 0 Å². The molecule has 0 saturated carbocycles. The molecule has 1 aromatic heterocycles. The van der Waals surface area contributed by atoms with E-state index < -0.39 is 0 Å². The zero-order valence-electron chi connectivity index (χ0n) is 8.74. The fraction of sp³-hybridized carbons (Fsp3) is 0.182. The summed E-state index contributed by atoms with van der Waals surface area (Å²) in [5, 5.41) is 1.93. The number of hydrazine groups is 1. The third-order valence-electron chi connectivity index (χ3n) is 2.19. The lowest BCUT2D eigenvalue weighted by atomic mass is 10.1. The summed E-state index contributed by atoms with van der Waals surface area (Å²) in [7, 11) is 0. The number of aryl methyl sites for hydroxylation is 2. The van der Waals surface area contributed by atoms with Crippen LogP contribution in [0.15, 0.2) is 24.3 Å². The first-order valence-corrected chi connectivity index (χ1v) is 5.53. The van der Waals surface area contributed by atoms with Crippen LogP contribution in [0.25, 0.3) is 10.6 Å². The highest BCUT2D eigenvalue weighted by atomic mass is 32.1. The van der Waals surface area contributed by atoms with Crippen molar-refractivity contribution in [3.05, 3.63) is 35.5 Å². The Bertz CT molecular complexity index is 476. The number of rotatable bonds is 2. The number of hydrogen-bond donors (Lipinski definition) is 2. The van der Waals surface area contributed by atoms with E-state index in [1.807, 2.05) is 13.0 Å². The van der Waals surface area contributed by atoms with Crippen LogP contribution in [0.1, 0.15) is 11.3 Å². The van der Waals surface area contributed by atoms with Gasteiger partial charge in [-0.05, 0) is 19.9 Å². The zero-order chi connectivity index (χ0) is 10.8. The average Bonchev–Trinajstić information content (AvgIpc) is 2.60. The average molecular weight is 219 g/mol. The Morgan fingerprint density at radius 2 is 2.13 bits per heavy atom. The molecule has 0 aliphatic rings. The normalized spacial score (nSPS) is 10.3. The second-order valence-corrected chi connectivity index (χ2v) is 4.45. The first kappa shape index (κ1) is 10.1. The standard InChI is InChI=1S/C11H13N3S/c1-7-4-3-5-9(6-7)11-13-8(2)10(14-12)15-11/h3-6,14H,12H2,1-2H3. The molecular formula is C11H13N3S. The molecule has 2 aromatic rings. The fourth-order valence-corrected chi connectivity index (χ4v) is 2.30. The Morgan fingerprint density at radius 3 is 2.73 bits per heavy atom. The molecule has 0 fully saturated rings. The quantitative estimate of drug-likeness (QED) is 0.603. The molecule has 0 amide bonds. The molecule has 0 unspecified atom stereocenters. The Labute approximate surface area is 92.9 Å². The summed E-state index contributed by atoms with van der Waals surface area (Å²) in [5.74, 6) is 5.39. The Balaban J connectivity index is 2.45. The maximum Gasteiger partial charge on any atom is 0.126 e. The van der Waals surface area contributed by atoms with Crippen molar-refractivity contribution in [2.45, 2.75) is 13.8 Å². The molecule has 3 N–H and O–H groups in total. The molecule has 0 aliphatic carbocycles. The van der Waals surface area contributed by atoms with E-state index >= 15 is 0 Å². The molecule has 0 aliphatic heterocycles. The monoisotopic (exact) mass is 219 g/mol. The molecule has 78 valence electrons. The Kier molecular flexibility index (Phi) is 2.70. The predicted octanol–water partition coefficient (Wildman–Crippen LogP) is 2.71. The third-order valence-corrected chi connectivity index (χ3v) is 3.33. The van der Waals surface area contributed by atoms with Crippen molar-refractivity contribution in [2.24, 2.45) is 5.84 Å². The number of benzene rings is 1. The summed E-state index contributed by atoms with van der Waals surface area (Å²) in [6.45, 7) is 4.02. The molecule has 1 heterocycles. The number of thiazole rings is 1. The molecule has 4 heteroatoms. The molecule has 0 spiro atoms. The van der Waals surface area contributed by atoms with Gasteiger partial charge in [0.25, 0.3) is 0 Å². The first-order chi connectivity index (χ1) is 7.20. The van der Waals surface area contributed by atoms with Crippen LogP contribution in [-0.4, -0.2) is 4.98 Å². The van der Waals surface area contributed by atoms with Crippen molar-refractivity contribution in [3.63, 3.8) is 0 Å². The van der Waals surface area contributed by atoms with Crippen LogP contribution in [0.5, 0.6) is 0 Å². The van der Waals surface area contributed by atoms with Gasteiger partial charge in [0.05, 0.1) is 5.69 Å². The molecule has 2 rings (SSSR count). The Hall–Kier alpha value is -1.39. The van der Waals surface area contributed by atoms with Crippen LogP contribution in [0.4, 0.5) is 5.00 Å². The summed E-state index contributed by atoms with van der Waals surface area (Å²) in [6, 6.07) is 8.30. The number of anilines is 1. The van der Waals surface area contributed by atoms with Gasteiger partial charge in [0.15, 0.2) is 0 Å². The molecule has 0 atom stereocenters. The van der Waals surface area contributed by atoms with Crippen LogP contribution < -0.4 is 11.3 Å². The summed E-state index contributed by atoms with van der Waals surface area (Å²) in [5.41, 5.74) is 5.98. The van der Waals surface area contributed by atoms with Gasteiger partial charge in [-0.1, -0.05) is 35.1 Å². The van der Waals surface area contributed by atoms with Crippen molar-refractivity contribution in [2.75, 3.05) is 5.43 Å². The fourth-order valence-electron chi connectivity index (χ4n) is 1.43. The molecule has 0 saturated heterocycles. The van der Waals surface area contributed by atoms with E-state index in [9.17, 15) is 0 Å². The first-order valence-electron chi connectivity index (χ1n) is 4.72. The second kappa shape index (κ2) is 4.00. The molecule has 1 aromatic carbocycles. The van der Waals surface area contributed by atoms with Gasteiger partial charge in [0.2, 0.25) is 0 Å². The predicted molar refractivity (Wildman–Crippen MR) is 64.8 cm³/mol. The summed E-state index contributed by atoms with van der Waals surface area (Å²) in [4.78, 5) is 4.47. The van der Waals surface area contributed by atoms with Gasteiger partial charge < -0.3 is 5.43 Å². The SMILES string of the molecule is Cc1cccc(-c2nc(C)c(NN)s2)c1. The van der Waals surface area contributed by atoms with Gasteiger partial charge in [0, 0.05) is 5.56 Å². The molecule has 15 heavy (non-hydrogen) atoms. The second-order valence-electron chi connectivity index (χ2n) is 3.45. The smallest absolute Gasteiger partial charge is 0.126 e. The highest BCUT2D eigenvalue weighted by Crippen LogP contribution is 2.31. The van der Waals surface area contributed by atoms with Crippen molar-refractivity contribution >= 4 is 16.3 Å². The maximum absolute atomic E-state index is 5.39. The number of aromatic nitrogens is 1. The van der Waals surface area contributed by atoms with Gasteiger partial charge in [0.1, 0.15) is 10.0 Å². The van der Waals surface area contributed by atoms with Crippen LogP contribution in [0, 0.1) is 13.8 Å². The lowest BCUT2D eigenvalue weighted by Gasteiger charge is -1.96. The highest BCUT2D eigenvalue weighted by molar-refractivity contribution is 7.19. The number of hydrogen-bond acceptors (Lipinski definition) is 4. The summed E-state index contributed by atoms with van der Waals surface area (Å²) < 4.78 is 0. The van der Waals surface area contributed by atoms with E-state index in [2.05, 4.69) is 35.5 Å². The van der Waals surface area contributed by atoms with Gasteiger partial charge in [-0.3, -0.25) is 0 Å². The van der Waals surface area contributed by atoms with Gasteiger partial charge in [-0.2, -0.15) is 0 Å². The van der Waals surface area contributed by atoms with E-state index in [0.29, 0.717) is 0 Å². The van der Waals surface area contributed by atoms with Crippen molar-refractivity contribution in [1.82, 2.24) is 4.98 Å². The van der Waals surface area contributed by atoms with Crippen LogP contribution in [-0.2, 0) is 0 Å². The lowest BCUT2D eigenvalue weighted by Crippen LogP contribution is -2.05. The molecular weight excluding hydrogens is 206 g/mol. The van der Waals surface area contributed by atoms with Crippen LogP contribution >= 0.6 is 11.3 Å². The molecule has 3 nitrogen and oxygen atoms in total. The zero-order valence-corrected chi connectivity index (χ0v) is 9.56.